The van der Waals surface area contributed by atoms with Gasteiger partial charge in [0.2, 0.25) is 0 Å². The number of aromatic nitrogens is 1. The Morgan fingerprint density at radius 3 is 2.48 bits per heavy atom. The minimum absolute atomic E-state index is 0. The van der Waals surface area contributed by atoms with Gasteiger partial charge in [0.1, 0.15) is 0 Å². The zero-order valence-electron chi connectivity index (χ0n) is 14.6. The Hall–Kier alpha value is -0.410. The van der Waals surface area contributed by atoms with E-state index in [-0.39, 0.29) is 24.0 Å². The van der Waals surface area contributed by atoms with Gasteiger partial charge in [0.15, 0.2) is 5.96 Å². The van der Waals surface area contributed by atoms with E-state index in [2.05, 4.69) is 26.0 Å². The summed E-state index contributed by atoms with van der Waals surface area (Å²) < 4.78 is 5.32. The molecule has 23 heavy (non-hydrogen) atoms. The van der Waals surface area contributed by atoms with Gasteiger partial charge >= 0.3 is 0 Å². The van der Waals surface area contributed by atoms with E-state index in [4.69, 9.17) is 4.74 Å². The fourth-order valence-corrected chi connectivity index (χ4v) is 2.84. The van der Waals surface area contributed by atoms with Crippen LogP contribution in [0.3, 0.4) is 0 Å². The van der Waals surface area contributed by atoms with E-state index in [9.17, 15) is 0 Å². The van der Waals surface area contributed by atoms with Crippen molar-refractivity contribution < 1.29 is 4.74 Å². The van der Waals surface area contributed by atoms with Crippen molar-refractivity contribution >= 4 is 41.3 Å². The van der Waals surface area contributed by atoms with Crippen molar-refractivity contribution in [2.45, 2.75) is 46.0 Å². The molecule has 0 saturated heterocycles. The Bertz CT molecular complexity index is 426. The van der Waals surface area contributed by atoms with Crippen LogP contribution in [-0.4, -0.2) is 44.3 Å². The van der Waals surface area contributed by atoms with Gasteiger partial charge in [0.25, 0.3) is 0 Å². The second-order valence-corrected chi connectivity index (χ2v) is 6.11. The number of nitrogens with zero attached hydrogens (tertiary/aromatic N) is 2. The second kappa shape index (κ2) is 15.1. The van der Waals surface area contributed by atoms with Crippen molar-refractivity contribution in [3.63, 3.8) is 0 Å². The summed E-state index contributed by atoms with van der Waals surface area (Å²) in [6.45, 7) is 7.61. The normalized spacial score (nSPS) is 11.2. The van der Waals surface area contributed by atoms with Crippen LogP contribution in [0.5, 0.6) is 0 Å². The molecular weight excluding hydrogens is 423 g/mol. The standard InChI is InChI=1S/C16H30N4OS.HI/c1-4-21-12-8-7-11-19-16(17-3)18-10-6-5-9-15-20-14(2)13-22-15;/h13H,4-12H2,1-3H3,(H2,17,18,19);1H. The van der Waals surface area contributed by atoms with Crippen LogP contribution in [0.4, 0.5) is 0 Å². The number of nitrogens with one attached hydrogen (secondary N) is 2. The summed E-state index contributed by atoms with van der Waals surface area (Å²) in [6.07, 6.45) is 5.55. The van der Waals surface area contributed by atoms with Crippen LogP contribution >= 0.6 is 35.3 Å². The summed E-state index contributed by atoms with van der Waals surface area (Å²) in [5.74, 6) is 0.890. The first kappa shape index (κ1) is 22.6. The molecule has 0 spiro atoms. The van der Waals surface area contributed by atoms with Crippen molar-refractivity contribution in [2.75, 3.05) is 33.4 Å². The van der Waals surface area contributed by atoms with E-state index in [0.29, 0.717) is 0 Å². The number of rotatable bonds is 11. The van der Waals surface area contributed by atoms with Crippen LogP contribution in [0, 0.1) is 6.92 Å². The maximum absolute atomic E-state index is 5.32. The quantitative estimate of drug-likeness (QED) is 0.233. The molecule has 0 aliphatic heterocycles. The van der Waals surface area contributed by atoms with Crippen molar-refractivity contribution in [2.24, 2.45) is 4.99 Å². The SMILES string of the molecule is CCOCCCCNC(=NC)NCCCCc1nc(C)cs1.I. The van der Waals surface area contributed by atoms with Crippen LogP contribution in [0.2, 0.25) is 0 Å². The van der Waals surface area contributed by atoms with Gasteiger partial charge in [-0.3, -0.25) is 4.99 Å². The van der Waals surface area contributed by atoms with Crippen LogP contribution in [-0.2, 0) is 11.2 Å². The summed E-state index contributed by atoms with van der Waals surface area (Å²) in [4.78, 5) is 8.72. The molecule has 134 valence electrons. The average molecular weight is 454 g/mol. The first-order chi connectivity index (χ1) is 10.8. The lowest BCUT2D eigenvalue weighted by molar-refractivity contribution is 0.143. The predicted octanol–water partition coefficient (Wildman–Crippen LogP) is 3.37. The second-order valence-electron chi connectivity index (χ2n) is 5.17. The van der Waals surface area contributed by atoms with Gasteiger partial charge in [-0.2, -0.15) is 0 Å². The fraction of sp³-hybridized carbons (Fsp3) is 0.750. The van der Waals surface area contributed by atoms with Gasteiger partial charge in [-0.1, -0.05) is 0 Å². The van der Waals surface area contributed by atoms with Gasteiger partial charge in [0, 0.05) is 44.4 Å². The van der Waals surface area contributed by atoms with Crippen LogP contribution in [0.1, 0.15) is 43.3 Å². The van der Waals surface area contributed by atoms with Crippen molar-refractivity contribution in [3.8, 4) is 0 Å². The highest BCUT2D eigenvalue weighted by Crippen LogP contribution is 2.11. The molecule has 0 saturated carbocycles. The molecule has 0 unspecified atom stereocenters. The third-order valence-corrected chi connectivity index (χ3v) is 4.24. The molecule has 2 N–H and O–H groups in total. The van der Waals surface area contributed by atoms with E-state index >= 15 is 0 Å². The van der Waals surface area contributed by atoms with Crippen molar-refractivity contribution in [3.05, 3.63) is 16.1 Å². The molecule has 0 fully saturated rings. The Balaban J connectivity index is 0.00000484. The summed E-state index contributed by atoms with van der Waals surface area (Å²) in [7, 11) is 1.81. The van der Waals surface area contributed by atoms with E-state index in [1.54, 1.807) is 11.3 Å². The van der Waals surface area contributed by atoms with Crippen molar-refractivity contribution in [1.29, 1.82) is 0 Å². The van der Waals surface area contributed by atoms with Gasteiger partial charge in [-0.05, 0) is 46.0 Å². The molecule has 1 rings (SSSR count). The molecule has 0 atom stereocenters. The van der Waals surface area contributed by atoms with Gasteiger partial charge < -0.3 is 15.4 Å². The van der Waals surface area contributed by atoms with Crippen molar-refractivity contribution in [1.82, 2.24) is 15.6 Å². The van der Waals surface area contributed by atoms with Gasteiger partial charge in [0.05, 0.1) is 5.01 Å². The summed E-state index contributed by atoms with van der Waals surface area (Å²) in [5.41, 5.74) is 1.13. The Morgan fingerprint density at radius 1 is 1.22 bits per heavy atom. The summed E-state index contributed by atoms with van der Waals surface area (Å²) >= 11 is 1.76. The van der Waals surface area contributed by atoms with Gasteiger partial charge in [-0.25, -0.2) is 4.98 Å². The van der Waals surface area contributed by atoms with E-state index in [1.807, 2.05) is 20.9 Å². The summed E-state index contributed by atoms with van der Waals surface area (Å²) in [6, 6.07) is 0. The fourth-order valence-electron chi connectivity index (χ4n) is 2.03. The maximum Gasteiger partial charge on any atom is 0.190 e. The number of aryl methyl sites for hydroxylation is 2. The minimum atomic E-state index is 0. The molecule has 0 aliphatic carbocycles. The number of guanidine groups is 1. The number of halogens is 1. The Kier molecular flexibility index (Phi) is 14.9. The lowest BCUT2D eigenvalue weighted by Gasteiger charge is -2.11. The molecule has 0 aliphatic rings. The molecule has 1 heterocycles. The number of thiazole rings is 1. The lowest BCUT2D eigenvalue weighted by atomic mass is 10.2. The minimum Gasteiger partial charge on any atom is -0.382 e. The predicted molar refractivity (Wildman–Crippen MR) is 110 cm³/mol. The molecule has 0 aromatic carbocycles. The highest BCUT2D eigenvalue weighted by atomic mass is 127. The zero-order chi connectivity index (χ0) is 16.0. The average Bonchev–Trinajstić information content (AvgIpc) is 2.93. The van der Waals surface area contributed by atoms with E-state index < -0.39 is 0 Å². The lowest BCUT2D eigenvalue weighted by Crippen LogP contribution is -2.38. The third-order valence-electron chi connectivity index (χ3n) is 3.21. The summed E-state index contributed by atoms with van der Waals surface area (Å²) in [5, 5.41) is 10.0. The zero-order valence-corrected chi connectivity index (χ0v) is 17.7. The molecule has 1 aromatic heterocycles. The number of hydrogen-bond acceptors (Lipinski definition) is 4. The number of ether oxygens (including phenoxy) is 1. The first-order valence-corrected chi connectivity index (χ1v) is 9.07. The first-order valence-electron chi connectivity index (χ1n) is 8.19. The van der Waals surface area contributed by atoms with Crippen LogP contribution < -0.4 is 10.6 Å². The Morgan fingerprint density at radius 2 is 1.91 bits per heavy atom. The molecule has 0 radical (unpaired) electrons. The molecule has 0 amide bonds. The highest BCUT2D eigenvalue weighted by Gasteiger charge is 2.00. The Labute approximate surface area is 161 Å². The topological polar surface area (TPSA) is 58.5 Å². The van der Waals surface area contributed by atoms with Crippen LogP contribution in [0.15, 0.2) is 10.4 Å². The molecule has 1 aromatic rings. The van der Waals surface area contributed by atoms with E-state index in [1.165, 1.54) is 5.01 Å². The van der Waals surface area contributed by atoms with E-state index in [0.717, 1.165) is 70.1 Å². The number of hydrogen-bond donors (Lipinski definition) is 2. The number of aliphatic imine (C=N–C) groups is 1. The van der Waals surface area contributed by atoms with Crippen LogP contribution in [0.25, 0.3) is 0 Å². The third kappa shape index (κ3) is 11.7. The number of unbranched alkanes of at least 4 members (excludes halogenated alkanes) is 2. The largest absolute Gasteiger partial charge is 0.382 e. The smallest absolute Gasteiger partial charge is 0.190 e. The maximum atomic E-state index is 5.32. The highest BCUT2D eigenvalue weighted by molar-refractivity contribution is 14.0. The molecular formula is C16H31IN4OS. The molecule has 0 bridgehead atoms. The molecule has 5 nitrogen and oxygen atoms in total. The monoisotopic (exact) mass is 454 g/mol. The van der Waals surface area contributed by atoms with Gasteiger partial charge in [-0.15, -0.1) is 35.3 Å². The molecule has 7 heteroatoms.